The molecule has 114 valence electrons. The van der Waals surface area contributed by atoms with Crippen molar-refractivity contribution in [3.8, 4) is 0 Å². The van der Waals surface area contributed by atoms with E-state index in [1.807, 2.05) is 28.9 Å². The van der Waals surface area contributed by atoms with Crippen LogP contribution in [0.4, 0.5) is 0 Å². The van der Waals surface area contributed by atoms with E-state index in [4.69, 9.17) is 11.6 Å². The fraction of sp³-hybridized carbons (Fsp3) is 0.562. The van der Waals surface area contributed by atoms with Crippen LogP contribution >= 0.6 is 11.6 Å². The van der Waals surface area contributed by atoms with Crippen LogP contribution in [0.2, 0.25) is 5.02 Å². The third-order valence-corrected chi connectivity index (χ3v) is 4.74. The molecule has 1 fully saturated rings. The van der Waals surface area contributed by atoms with E-state index in [1.54, 1.807) is 0 Å². The molecule has 5 heteroatoms. The maximum atomic E-state index is 6.00. The second-order valence-corrected chi connectivity index (χ2v) is 7.00. The molecule has 0 atom stereocenters. The number of fused-ring (bicyclic) bond motifs is 1. The van der Waals surface area contributed by atoms with Crippen molar-refractivity contribution in [2.45, 2.75) is 26.3 Å². The van der Waals surface area contributed by atoms with Gasteiger partial charge in [0.15, 0.2) is 0 Å². The van der Waals surface area contributed by atoms with E-state index in [0.29, 0.717) is 5.41 Å². The average Bonchev–Trinajstić information content (AvgIpc) is 2.84. The van der Waals surface area contributed by atoms with E-state index in [2.05, 4.69) is 29.2 Å². The van der Waals surface area contributed by atoms with Gasteiger partial charge in [0.25, 0.3) is 0 Å². The van der Waals surface area contributed by atoms with Crippen LogP contribution in [0.5, 0.6) is 0 Å². The molecule has 1 saturated heterocycles. The topological polar surface area (TPSA) is 32.6 Å². The summed E-state index contributed by atoms with van der Waals surface area (Å²) in [7, 11) is 2.20. The second kappa shape index (κ2) is 5.95. The van der Waals surface area contributed by atoms with Gasteiger partial charge in [0.05, 0.1) is 10.7 Å². The molecule has 0 radical (unpaired) electrons. The summed E-state index contributed by atoms with van der Waals surface area (Å²) in [5.74, 6) is 0. The maximum absolute atomic E-state index is 6.00. The van der Waals surface area contributed by atoms with Crippen molar-refractivity contribution in [2.75, 3.05) is 26.7 Å². The van der Waals surface area contributed by atoms with E-state index >= 15 is 0 Å². The Hall–Kier alpha value is -1.10. The van der Waals surface area contributed by atoms with Gasteiger partial charge in [-0.1, -0.05) is 18.5 Å². The van der Waals surface area contributed by atoms with Crippen LogP contribution in [0.15, 0.2) is 24.5 Å². The molecule has 0 saturated carbocycles. The zero-order valence-corrected chi connectivity index (χ0v) is 13.5. The Morgan fingerprint density at radius 1 is 1.29 bits per heavy atom. The summed E-state index contributed by atoms with van der Waals surface area (Å²) < 4.78 is 1.98. The Balaban J connectivity index is 1.56. The maximum Gasteiger partial charge on any atom is 0.137 e. The first kappa shape index (κ1) is 14.8. The fourth-order valence-electron chi connectivity index (χ4n) is 2.93. The van der Waals surface area contributed by atoms with Crippen LogP contribution < -0.4 is 5.32 Å². The molecule has 21 heavy (non-hydrogen) atoms. The molecule has 0 spiro atoms. The number of piperidine rings is 1. The molecular formula is C16H23ClN4. The lowest BCUT2D eigenvalue weighted by Crippen LogP contribution is -2.41. The van der Waals surface area contributed by atoms with Crippen LogP contribution in [-0.2, 0) is 6.54 Å². The fourth-order valence-corrected chi connectivity index (χ4v) is 3.10. The van der Waals surface area contributed by atoms with Crippen molar-refractivity contribution in [3.05, 3.63) is 35.2 Å². The standard InChI is InChI=1S/C16H23ClN4/c1-16(5-7-20(2)8-6-16)12-18-9-14-11-21-10-13(17)3-4-15(21)19-14/h3-4,10-11,18H,5-9,12H2,1-2H3. The summed E-state index contributed by atoms with van der Waals surface area (Å²) in [6, 6.07) is 3.82. The van der Waals surface area contributed by atoms with Crippen molar-refractivity contribution in [2.24, 2.45) is 5.41 Å². The molecule has 3 heterocycles. The Morgan fingerprint density at radius 2 is 2.05 bits per heavy atom. The minimum absolute atomic E-state index is 0.412. The molecule has 1 N–H and O–H groups in total. The van der Waals surface area contributed by atoms with Crippen LogP contribution in [0, 0.1) is 5.41 Å². The molecule has 2 aromatic heterocycles. The number of rotatable bonds is 4. The third kappa shape index (κ3) is 3.57. The Labute approximate surface area is 131 Å². The number of hydrogen-bond donors (Lipinski definition) is 1. The number of aromatic nitrogens is 2. The number of likely N-dealkylation sites (tertiary alicyclic amines) is 1. The molecule has 3 rings (SSSR count). The summed E-state index contributed by atoms with van der Waals surface area (Å²) in [4.78, 5) is 7.02. The molecular weight excluding hydrogens is 284 g/mol. The largest absolute Gasteiger partial charge is 0.311 e. The Bertz CT molecular complexity index is 614. The van der Waals surface area contributed by atoms with Crippen molar-refractivity contribution in [1.29, 1.82) is 0 Å². The number of pyridine rings is 1. The van der Waals surface area contributed by atoms with E-state index in [9.17, 15) is 0 Å². The van der Waals surface area contributed by atoms with Crippen molar-refractivity contribution in [3.63, 3.8) is 0 Å². The first-order chi connectivity index (χ1) is 10.0. The summed E-state index contributed by atoms with van der Waals surface area (Å²) >= 11 is 6.00. The number of nitrogens with one attached hydrogen (secondary N) is 1. The summed E-state index contributed by atoms with van der Waals surface area (Å²) in [6.45, 7) is 6.65. The van der Waals surface area contributed by atoms with E-state index in [1.165, 1.54) is 25.9 Å². The monoisotopic (exact) mass is 306 g/mol. The van der Waals surface area contributed by atoms with Gasteiger partial charge in [0.1, 0.15) is 5.65 Å². The number of hydrogen-bond acceptors (Lipinski definition) is 3. The minimum atomic E-state index is 0.412. The first-order valence-corrected chi connectivity index (χ1v) is 7.94. The molecule has 0 aliphatic carbocycles. The van der Waals surface area contributed by atoms with E-state index < -0.39 is 0 Å². The average molecular weight is 307 g/mol. The molecule has 0 amide bonds. The van der Waals surface area contributed by atoms with Gasteiger partial charge in [-0.3, -0.25) is 0 Å². The normalized spacial score (nSPS) is 19.2. The Kier molecular flexibility index (Phi) is 4.20. The van der Waals surface area contributed by atoms with Gasteiger partial charge in [-0.2, -0.15) is 0 Å². The quantitative estimate of drug-likeness (QED) is 0.943. The lowest BCUT2D eigenvalue weighted by Gasteiger charge is -2.38. The van der Waals surface area contributed by atoms with Crippen LogP contribution in [0.1, 0.15) is 25.5 Å². The Morgan fingerprint density at radius 3 is 2.81 bits per heavy atom. The smallest absolute Gasteiger partial charge is 0.137 e. The van der Waals surface area contributed by atoms with Crippen molar-refractivity contribution < 1.29 is 0 Å². The van der Waals surface area contributed by atoms with Crippen molar-refractivity contribution >= 4 is 17.2 Å². The van der Waals surface area contributed by atoms with Gasteiger partial charge in [-0.15, -0.1) is 0 Å². The van der Waals surface area contributed by atoms with Gasteiger partial charge in [0, 0.05) is 25.5 Å². The van der Waals surface area contributed by atoms with Gasteiger partial charge >= 0.3 is 0 Å². The van der Waals surface area contributed by atoms with Gasteiger partial charge in [-0.05, 0) is 50.5 Å². The minimum Gasteiger partial charge on any atom is -0.311 e. The lowest BCUT2D eigenvalue weighted by molar-refractivity contribution is 0.136. The van der Waals surface area contributed by atoms with E-state index in [-0.39, 0.29) is 0 Å². The predicted octanol–water partition coefficient (Wildman–Crippen LogP) is 2.81. The van der Waals surface area contributed by atoms with Gasteiger partial charge in [-0.25, -0.2) is 4.98 Å². The third-order valence-electron chi connectivity index (χ3n) is 4.52. The highest BCUT2D eigenvalue weighted by Gasteiger charge is 2.28. The zero-order chi connectivity index (χ0) is 14.9. The SMILES string of the molecule is CN1CCC(C)(CNCc2cn3cc(Cl)ccc3n2)CC1. The first-order valence-electron chi connectivity index (χ1n) is 7.57. The molecule has 1 aliphatic rings. The van der Waals surface area contributed by atoms with Crippen LogP contribution in [-0.4, -0.2) is 41.0 Å². The molecule has 2 aromatic rings. The molecule has 0 unspecified atom stereocenters. The summed E-state index contributed by atoms with van der Waals surface area (Å²) in [6.07, 6.45) is 6.46. The molecule has 1 aliphatic heterocycles. The highest BCUT2D eigenvalue weighted by Crippen LogP contribution is 2.29. The van der Waals surface area contributed by atoms with E-state index in [0.717, 1.165) is 29.5 Å². The van der Waals surface area contributed by atoms with Crippen LogP contribution in [0.3, 0.4) is 0 Å². The summed E-state index contributed by atoms with van der Waals surface area (Å²) in [5, 5.41) is 4.31. The number of nitrogens with zero attached hydrogens (tertiary/aromatic N) is 3. The zero-order valence-electron chi connectivity index (χ0n) is 12.8. The highest BCUT2D eigenvalue weighted by molar-refractivity contribution is 6.30. The van der Waals surface area contributed by atoms with Crippen LogP contribution in [0.25, 0.3) is 5.65 Å². The highest BCUT2D eigenvalue weighted by atomic mass is 35.5. The second-order valence-electron chi connectivity index (χ2n) is 6.56. The number of imidazole rings is 1. The molecule has 0 aromatic carbocycles. The lowest BCUT2D eigenvalue weighted by atomic mass is 9.80. The van der Waals surface area contributed by atoms with Crippen molar-refractivity contribution in [1.82, 2.24) is 19.6 Å². The van der Waals surface area contributed by atoms with Gasteiger partial charge in [0.2, 0.25) is 0 Å². The molecule has 0 bridgehead atoms. The summed E-state index contributed by atoms with van der Waals surface area (Å²) in [5.41, 5.74) is 2.42. The molecule has 4 nitrogen and oxygen atoms in total. The predicted molar refractivity (Wildman–Crippen MR) is 86.7 cm³/mol. The number of halogens is 1. The van der Waals surface area contributed by atoms with Gasteiger partial charge < -0.3 is 14.6 Å².